The number of carbonyl (C=O) groups excluding carboxylic acids is 1. The van der Waals surface area contributed by atoms with Crippen molar-refractivity contribution < 1.29 is 44.2 Å². The first kappa shape index (κ1) is 38.2. The van der Waals surface area contributed by atoms with E-state index in [-0.39, 0.29) is 35.9 Å². The van der Waals surface area contributed by atoms with Gasteiger partial charge in [0.15, 0.2) is 5.79 Å². The molecule has 1 fully saturated rings. The van der Waals surface area contributed by atoms with Crippen molar-refractivity contribution in [3.8, 4) is 0 Å². The molecule has 9 heteroatoms. The Kier molecular flexibility index (Phi) is 14.3. The van der Waals surface area contributed by atoms with Gasteiger partial charge in [-0.2, -0.15) is 0 Å². The Morgan fingerprint density at radius 3 is 2.18 bits per heavy atom. The molecule has 44 heavy (non-hydrogen) atoms. The van der Waals surface area contributed by atoms with Crippen LogP contribution in [-0.2, 0) is 23.7 Å². The predicted molar refractivity (Wildman–Crippen MR) is 170 cm³/mol. The minimum atomic E-state index is -1.84. The summed E-state index contributed by atoms with van der Waals surface area (Å²) in [6.45, 7) is 17.0. The van der Waals surface area contributed by atoms with E-state index in [4.69, 9.17) is 18.9 Å². The highest BCUT2D eigenvalue weighted by Gasteiger charge is 2.52. The largest absolute Gasteiger partial charge is 0.490 e. The minimum Gasteiger partial charge on any atom is -0.490 e. The Hall–Kier alpha value is -2.01. The monoisotopic (exact) mass is 622 g/mol. The van der Waals surface area contributed by atoms with Gasteiger partial charge in [0, 0.05) is 37.2 Å². The van der Waals surface area contributed by atoms with Gasteiger partial charge in [-0.05, 0) is 38.2 Å². The number of carbonyl (C=O) groups is 1. The molecule has 0 amide bonds. The van der Waals surface area contributed by atoms with E-state index in [1.54, 1.807) is 26.0 Å². The van der Waals surface area contributed by atoms with Crippen molar-refractivity contribution in [2.45, 2.75) is 118 Å². The van der Waals surface area contributed by atoms with Crippen LogP contribution in [-0.4, -0.2) is 83.0 Å². The SMILES string of the molecule is CO/C1=C\C(C)=C\[C@@H](C)[C@@H](O)[C@@H](C)C/C(C)=C/C=C/[C@H](OC)[C@H](O)[C@@H](C)[C@H]([C@H](C)[C@@]2(O)C[C@@H](O)[C@H](C)[C@@H](C(C)C)O2)OC1=O. The van der Waals surface area contributed by atoms with Gasteiger partial charge in [0.1, 0.15) is 12.2 Å². The zero-order chi connectivity index (χ0) is 33.5. The van der Waals surface area contributed by atoms with Gasteiger partial charge >= 0.3 is 5.97 Å². The lowest BCUT2D eigenvalue weighted by Gasteiger charge is -2.49. The Labute approximate surface area is 264 Å². The number of aliphatic hydroxyl groups is 4. The summed E-state index contributed by atoms with van der Waals surface area (Å²) < 4.78 is 23.4. The van der Waals surface area contributed by atoms with Crippen molar-refractivity contribution in [1.82, 2.24) is 0 Å². The second-order valence-corrected chi connectivity index (χ2v) is 13.6. The van der Waals surface area contributed by atoms with Crippen LogP contribution < -0.4 is 0 Å². The van der Waals surface area contributed by atoms with Crippen LogP contribution in [0.15, 0.2) is 47.3 Å². The maximum absolute atomic E-state index is 13.6. The topological polar surface area (TPSA) is 135 Å². The summed E-state index contributed by atoms with van der Waals surface area (Å²) in [4.78, 5) is 13.6. The highest BCUT2D eigenvalue weighted by molar-refractivity contribution is 5.87. The molecule has 2 rings (SSSR count). The molecule has 9 nitrogen and oxygen atoms in total. The molecule has 0 unspecified atom stereocenters. The summed E-state index contributed by atoms with van der Waals surface area (Å²) in [5, 5.41) is 45.4. The third kappa shape index (κ3) is 9.50. The van der Waals surface area contributed by atoms with Gasteiger partial charge in [-0.1, -0.05) is 83.9 Å². The number of allylic oxidation sites excluding steroid dienone is 5. The van der Waals surface area contributed by atoms with Gasteiger partial charge in [0.25, 0.3) is 0 Å². The van der Waals surface area contributed by atoms with Crippen molar-refractivity contribution >= 4 is 5.97 Å². The first-order chi connectivity index (χ1) is 20.5. The smallest absolute Gasteiger partial charge is 0.373 e. The van der Waals surface area contributed by atoms with Crippen molar-refractivity contribution in [1.29, 1.82) is 0 Å². The standard InChI is InChI=1S/C35H58O9/c1-19(2)32-24(7)27(36)18-35(40,44-32)26(9)33-25(8)31(38)28(41-10)14-12-13-20(3)15-22(5)30(37)23(6)16-21(4)17-29(42-11)34(39)43-33/h12-14,16-17,19,22-28,30-33,36-38,40H,15,18H2,1-11H3/b14-12+,20-13+,21-16+,29-17-/t22-,23+,24-,25+,26-,27+,28-,30-,31+,32+,33+,35+/m0/s1. The normalized spacial score (nSPS) is 43.6. The second kappa shape index (κ2) is 16.5. The minimum absolute atomic E-state index is 0.00994. The van der Waals surface area contributed by atoms with E-state index in [0.717, 1.165) is 5.57 Å². The molecule has 0 aromatic rings. The van der Waals surface area contributed by atoms with Crippen molar-refractivity contribution in [2.75, 3.05) is 14.2 Å². The van der Waals surface area contributed by atoms with Gasteiger partial charge in [-0.3, -0.25) is 0 Å². The number of rotatable bonds is 5. The van der Waals surface area contributed by atoms with Crippen LogP contribution in [0.4, 0.5) is 0 Å². The van der Waals surface area contributed by atoms with Crippen molar-refractivity contribution in [2.24, 2.45) is 35.5 Å². The number of hydrogen-bond acceptors (Lipinski definition) is 9. The zero-order valence-corrected chi connectivity index (χ0v) is 28.6. The summed E-state index contributed by atoms with van der Waals surface area (Å²) in [6, 6.07) is 0. The molecule has 2 heterocycles. The molecular formula is C35H58O9. The molecule has 0 saturated carbocycles. The molecule has 252 valence electrons. The third-order valence-electron chi connectivity index (χ3n) is 9.49. The third-order valence-corrected chi connectivity index (χ3v) is 9.49. The van der Waals surface area contributed by atoms with E-state index in [9.17, 15) is 25.2 Å². The molecule has 2 aliphatic rings. The highest BCUT2D eigenvalue weighted by atomic mass is 16.6. The summed E-state index contributed by atoms with van der Waals surface area (Å²) in [5.74, 6) is -4.71. The zero-order valence-electron chi connectivity index (χ0n) is 28.6. The average Bonchev–Trinajstić information content (AvgIpc) is 2.96. The molecule has 1 saturated heterocycles. The summed E-state index contributed by atoms with van der Waals surface area (Å²) in [6.07, 6.45) is 4.65. The fourth-order valence-corrected chi connectivity index (χ4v) is 6.57. The van der Waals surface area contributed by atoms with Crippen LogP contribution in [0.3, 0.4) is 0 Å². The lowest BCUT2D eigenvalue weighted by molar-refractivity contribution is -0.329. The maximum Gasteiger partial charge on any atom is 0.373 e. The van der Waals surface area contributed by atoms with Crippen LogP contribution in [0.2, 0.25) is 0 Å². The molecule has 0 aromatic carbocycles. The Balaban J connectivity index is 2.63. The van der Waals surface area contributed by atoms with Gasteiger partial charge < -0.3 is 39.4 Å². The van der Waals surface area contributed by atoms with Crippen LogP contribution in [0.1, 0.15) is 75.2 Å². The Bertz CT molecular complexity index is 1060. The molecule has 0 spiro atoms. The second-order valence-electron chi connectivity index (χ2n) is 13.6. The molecule has 0 aromatic heterocycles. The highest BCUT2D eigenvalue weighted by Crippen LogP contribution is 2.42. The number of ether oxygens (including phenoxy) is 4. The Morgan fingerprint density at radius 2 is 1.61 bits per heavy atom. The number of methoxy groups -OCH3 is 2. The number of cyclic esters (lactones) is 1. The van der Waals surface area contributed by atoms with E-state index < -0.39 is 60.2 Å². The number of hydrogen-bond donors (Lipinski definition) is 4. The fourth-order valence-electron chi connectivity index (χ4n) is 6.57. The van der Waals surface area contributed by atoms with E-state index in [2.05, 4.69) is 0 Å². The first-order valence-corrected chi connectivity index (χ1v) is 15.9. The summed E-state index contributed by atoms with van der Waals surface area (Å²) in [5.41, 5.74) is 1.77. The van der Waals surface area contributed by atoms with Gasteiger partial charge in [-0.25, -0.2) is 4.79 Å². The van der Waals surface area contributed by atoms with Crippen LogP contribution in [0.5, 0.6) is 0 Å². The van der Waals surface area contributed by atoms with E-state index in [1.165, 1.54) is 14.2 Å². The molecular weight excluding hydrogens is 564 g/mol. The number of esters is 1. The lowest BCUT2D eigenvalue weighted by Crippen LogP contribution is -2.59. The van der Waals surface area contributed by atoms with Crippen LogP contribution in [0, 0.1) is 35.5 Å². The molecule has 0 aliphatic carbocycles. The van der Waals surface area contributed by atoms with E-state index in [0.29, 0.717) is 12.0 Å². The van der Waals surface area contributed by atoms with Gasteiger partial charge in [0.2, 0.25) is 5.76 Å². The van der Waals surface area contributed by atoms with Gasteiger partial charge in [0.05, 0.1) is 31.5 Å². The molecule has 12 atom stereocenters. The summed E-state index contributed by atoms with van der Waals surface area (Å²) >= 11 is 0. The van der Waals surface area contributed by atoms with E-state index >= 15 is 0 Å². The number of aliphatic hydroxyl groups excluding tert-OH is 3. The van der Waals surface area contributed by atoms with Crippen LogP contribution in [0.25, 0.3) is 0 Å². The van der Waals surface area contributed by atoms with E-state index in [1.807, 2.05) is 66.7 Å². The fraction of sp³-hybridized carbons (Fsp3) is 0.743. The summed E-state index contributed by atoms with van der Waals surface area (Å²) in [7, 11) is 2.86. The van der Waals surface area contributed by atoms with Crippen molar-refractivity contribution in [3.05, 3.63) is 47.3 Å². The lowest BCUT2D eigenvalue weighted by atomic mass is 9.76. The quantitative estimate of drug-likeness (QED) is 0.322. The van der Waals surface area contributed by atoms with Crippen LogP contribution >= 0.6 is 0 Å². The molecule has 0 bridgehead atoms. The first-order valence-electron chi connectivity index (χ1n) is 15.9. The predicted octanol–water partition coefficient (Wildman–Crippen LogP) is 4.69. The maximum atomic E-state index is 13.6. The van der Waals surface area contributed by atoms with Gasteiger partial charge in [-0.15, -0.1) is 0 Å². The molecule has 2 aliphatic heterocycles. The Morgan fingerprint density at radius 1 is 0.977 bits per heavy atom. The molecule has 0 radical (unpaired) electrons. The molecule has 4 N–H and O–H groups in total. The average molecular weight is 623 g/mol. The van der Waals surface area contributed by atoms with Crippen molar-refractivity contribution in [3.63, 3.8) is 0 Å².